The summed E-state index contributed by atoms with van der Waals surface area (Å²) < 4.78 is 0. The molecule has 1 heterocycles. The molecule has 1 fully saturated rings. The van der Waals surface area contributed by atoms with Gasteiger partial charge in [-0.1, -0.05) is 36.2 Å². The zero-order valence-corrected chi connectivity index (χ0v) is 11.8. The van der Waals surface area contributed by atoms with Gasteiger partial charge in [0.2, 0.25) is 0 Å². The van der Waals surface area contributed by atoms with Crippen LogP contribution in [-0.2, 0) is 4.79 Å². The standard InChI is InChI=1S/C16H21NO3/c1-12-5-7-13(8-6-12)15(18)11-14(16(19)20)17-9-3-2-4-10-17/h5-8,14H,2-4,9-11H2,1H3,(H,19,20)/t14-/m0/s1. The van der Waals surface area contributed by atoms with Crippen LogP contribution in [-0.4, -0.2) is 40.9 Å². The highest BCUT2D eigenvalue weighted by Gasteiger charge is 2.29. The second-order valence-electron chi connectivity index (χ2n) is 5.44. The topological polar surface area (TPSA) is 57.6 Å². The number of carbonyl (C=O) groups is 2. The van der Waals surface area contributed by atoms with Gasteiger partial charge in [0, 0.05) is 12.0 Å². The fourth-order valence-corrected chi connectivity index (χ4v) is 2.64. The Morgan fingerprint density at radius 1 is 1.15 bits per heavy atom. The van der Waals surface area contributed by atoms with Gasteiger partial charge in [0.25, 0.3) is 0 Å². The molecule has 108 valence electrons. The number of carboxylic acid groups (broad SMARTS) is 1. The van der Waals surface area contributed by atoms with E-state index < -0.39 is 12.0 Å². The normalized spacial score (nSPS) is 17.6. The molecule has 0 spiro atoms. The number of ketones is 1. The van der Waals surface area contributed by atoms with Gasteiger partial charge in [-0.25, -0.2) is 0 Å². The molecule has 4 nitrogen and oxygen atoms in total. The van der Waals surface area contributed by atoms with Crippen molar-refractivity contribution in [1.82, 2.24) is 4.90 Å². The largest absolute Gasteiger partial charge is 0.480 e. The van der Waals surface area contributed by atoms with Crippen molar-refractivity contribution >= 4 is 11.8 Å². The smallest absolute Gasteiger partial charge is 0.321 e. The second-order valence-corrected chi connectivity index (χ2v) is 5.44. The molecule has 1 aliphatic rings. The van der Waals surface area contributed by atoms with Crippen molar-refractivity contribution in [3.05, 3.63) is 35.4 Å². The van der Waals surface area contributed by atoms with Gasteiger partial charge in [-0.3, -0.25) is 14.5 Å². The first-order valence-electron chi connectivity index (χ1n) is 7.14. The molecule has 0 unspecified atom stereocenters. The van der Waals surface area contributed by atoms with E-state index in [4.69, 9.17) is 0 Å². The number of hydrogen-bond donors (Lipinski definition) is 1. The Hall–Kier alpha value is -1.68. The van der Waals surface area contributed by atoms with Crippen LogP contribution < -0.4 is 0 Å². The highest BCUT2D eigenvalue weighted by molar-refractivity contribution is 5.98. The summed E-state index contributed by atoms with van der Waals surface area (Å²) in [6.45, 7) is 3.51. The molecule has 0 radical (unpaired) electrons. The number of aryl methyl sites for hydroxylation is 1. The highest BCUT2D eigenvalue weighted by atomic mass is 16.4. The molecule has 1 aliphatic heterocycles. The molecule has 20 heavy (non-hydrogen) atoms. The lowest BCUT2D eigenvalue weighted by Crippen LogP contribution is -2.45. The molecule has 1 atom stereocenters. The molecule has 0 saturated carbocycles. The predicted molar refractivity (Wildman–Crippen MR) is 77.0 cm³/mol. The zero-order chi connectivity index (χ0) is 14.5. The second kappa shape index (κ2) is 6.66. The van der Waals surface area contributed by atoms with Crippen molar-refractivity contribution in [3.63, 3.8) is 0 Å². The minimum absolute atomic E-state index is 0.0540. The molecule has 1 saturated heterocycles. The van der Waals surface area contributed by atoms with Crippen LogP contribution in [0.4, 0.5) is 0 Å². The summed E-state index contributed by atoms with van der Waals surface area (Å²) in [5, 5.41) is 9.37. The first-order valence-corrected chi connectivity index (χ1v) is 7.14. The Kier molecular flexibility index (Phi) is 4.90. The molecule has 0 amide bonds. The van der Waals surface area contributed by atoms with Crippen LogP contribution >= 0.6 is 0 Å². The number of piperidine rings is 1. The first-order chi connectivity index (χ1) is 9.58. The van der Waals surface area contributed by atoms with Crippen LogP contribution in [0.1, 0.15) is 41.6 Å². The van der Waals surface area contributed by atoms with E-state index in [1.54, 1.807) is 12.1 Å². The van der Waals surface area contributed by atoms with Gasteiger partial charge >= 0.3 is 5.97 Å². The van der Waals surface area contributed by atoms with Crippen molar-refractivity contribution in [3.8, 4) is 0 Å². The fourth-order valence-electron chi connectivity index (χ4n) is 2.64. The molecular formula is C16H21NO3. The molecule has 0 bridgehead atoms. The number of aliphatic carboxylic acids is 1. The number of carbonyl (C=O) groups excluding carboxylic acids is 1. The average Bonchev–Trinajstić information content (AvgIpc) is 2.46. The SMILES string of the molecule is Cc1ccc(C(=O)C[C@@H](C(=O)O)N2CCCCC2)cc1. The van der Waals surface area contributed by atoms with Crippen LogP contribution in [0.3, 0.4) is 0 Å². The Labute approximate surface area is 119 Å². The van der Waals surface area contributed by atoms with Gasteiger partial charge in [0.1, 0.15) is 6.04 Å². The average molecular weight is 275 g/mol. The molecule has 2 rings (SSSR count). The summed E-state index contributed by atoms with van der Waals surface area (Å²) in [4.78, 5) is 25.6. The van der Waals surface area contributed by atoms with Crippen molar-refractivity contribution in [1.29, 1.82) is 0 Å². The first kappa shape index (κ1) is 14.7. The maximum Gasteiger partial charge on any atom is 0.321 e. The van der Waals surface area contributed by atoms with Gasteiger partial charge in [-0.2, -0.15) is 0 Å². The fraction of sp³-hybridized carbons (Fsp3) is 0.500. The third-order valence-corrected chi connectivity index (χ3v) is 3.87. The van der Waals surface area contributed by atoms with Crippen molar-refractivity contribution < 1.29 is 14.7 Å². The summed E-state index contributed by atoms with van der Waals surface area (Å²) in [6.07, 6.45) is 3.23. The quantitative estimate of drug-likeness (QED) is 0.839. The maximum absolute atomic E-state index is 12.2. The molecule has 1 aromatic rings. The predicted octanol–water partition coefficient (Wildman–Crippen LogP) is 2.51. The molecule has 1 N–H and O–H groups in total. The van der Waals surface area contributed by atoms with Crippen LogP contribution in [0.5, 0.6) is 0 Å². The van der Waals surface area contributed by atoms with Gasteiger partial charge in [0.15, 0.2) is 5.78 Å². The minimum Gasteiger partial charge on any atom is -0.480 e. The van der Waals surface area contributed by atoms with E-state index in [9.17, 15) is 14.7 Å². The van der Waals surface area contributed by atoms with Crippen molar-refractivity contribution in [2.24, 2.45) is 0 Å². The maximum atomic E-state index is 12.2. The summed E-state index contributed by atoms with van der Waals surface area (Å²) in [5.41, 5.74) is 1.69. The molecule has 0 aliphatic carbocycles. The number of benzene rings is 1. The Morgan fingerprint density at radius 2 is 1.75 bits per heavy atom. The van der Waals surface area contributed by atoms with E-state index in [0.29, 0.717) is 5.56 Å². The Morgan fingerprint density at radius 3 is 2.30 bits per heavy atom. The van der Waals surface area contributed by atoms with Gasteiger partial charge < -0.3 is 5.11 Å². The summed E-state index contributed by atoms with van der Waals surface area (Å²) >= 11 is 0. The number of rotatable bonds is 5. The minimum atomic E-state index is -0.896. The van der Waals surface area contributed by atoms with Crippen molar-refractivity contribution in [2.45, 2.75) is 38.6 Å². The molecule has 1 aromatic carbocycles. The van der Waals surface area contributed by atoms with E-state index in [2.05, 4.69) is 0 Å². The summed E-state index contributed by atoms with van der Waals surface area (Å²) in [7, 11) is 0. The van der Waals surface area contributed by atoms with E-state index in [1.807, 2.05) is 24.0 Å². The molecule has 4 heteroatoms. The van der Waals surface area contributed by atoms with E-state index >= 15 is 0 Å². The monoisotopic (exact) mass is 275 g/mol. The van der Waals surface area contributed by atoms with Gasteiger partial charge in [-0.15, -0.1) is 0 Å². The molecule has 0 aromatic heterocycles. The van der Waals surface area contributed by atoms with Crippen molar-refractivity contribution in [2.75, 3.05) is 13.1 Å². The van der Waals surface area contributed by atoms with E-state index in [0.717, 1.165) is 37.9 Å². The zero-order valence-electron chi connectivity index (χ0n) is 11.8. The van der Waals surface area contributed by atoms with Gasteiger partial charge in [0.05, 0.1) is 0 Å². The van der Waals surface area contributed by atoms with E-state index in [-0.39, 0.29) is 12.2 Å². The van der Waals surface area contributed by atoms with E-state index in [1.165, 1.54) is 0 Å². The lowest BCUT2D eigenvalue weighted by molar-refractivity contribution is -0.143. The lowest BCUT2D eigenvalue weighted by Gasteiger charge is -2.31. The third-order valence-electron chi connectivity index (χ3n) is 3.87. The van der Waals surface area contributed by atoms with Gasteiger partial charge in [-0.05, 0) is 32.9 Å². The highest BCUT2D eigenvalue weighted by Crippen LogP contribution is 2.17. The number of hydrogen-bond acceptors (Lipinski definition) is 3. The number of Topliss-reactive ketones (excluding diaryl/α,β-unsaturated/α-hetero) is 1. The molecular weight excluding hydrogens is 254 g/mol. The lowest BCUT2D eigenvalue weighted by atomic mass is 10.00. The number of likely N-dealkylation sites (tertiary alicyclic amines) is 1. The number of carboxylic acids is 1. The van der Waals surface area contributed by atoms with Crippen LogP contribution in [0.2, 0.25) is 0 Å². The van der Waals surface area contributed by atoms with Crippen LogP contribution in [0, 0.1) is 6.92 Å². The number of nitrogens with zero attached hydrogens (tertiary/aromatic N) is 1. The Balaban J connectivity index is 2.05. The third kappa shape index (κ3) is 3.67. The van der Waals surface area contributed by atoms with Crippen LogP contribution in [0.15, 0.2) is 24.3 Å². The summed E-state index contributed by atoms with van der Waals surface area (Å²) in [5.74, 6) is -0.990. The van der Waals surface area contributed by atoms with Crippen LogP contribution in [0.25, 0.3) is 0 Å². The Bertz CT molecular complexity index is 475. The summed E-state index contributed by atoms with van der Waals surface area (Å²) in [6, 6.07) is 6.61.